The Bertz CT molecular complexity index is 1200. The van der Waals surface area contributed by atoms with Crippen molar-refractivity contribution in [2.75, 3.05) is 0 Å². The second-order valence-electron chi connectivity index (χ2n) is 6.04. The lowest BCUT2D eigenvalue weighted by Gasteiger charge is -2.06. The van der Waals surface area contributed by atoms with E-state index in [0.29, 0.717) is 16.2 Å². The summed E-state index contributed by atoms with van der Waals surface area (Å²) in [5.74, 6) is 0. The summed E-state index contributed by atoms with van der Waals surface area (Å²) in [6, 6.07) is 21.4. The van der Waals surface area contributed by atoms with Crippen LogP contribution in [0.2, 0.25) is 5.02 Å². The van der Waals surface area contributed by atoms with Crippen molar-refractivity contribution in [1.29, 1.82) is 0 Å². The highest BCUT2D eigenvalue weighted by molar-refractivity contribution is 7.90. The molecule has 0 atom stereocenters. The Morgan fingerprint density at radius 2 is 1.62 bits per heavy atom. The van der Waals surface area contributed by atoms with Crippen LogP contribution in [0, 0.1) is 6.92 Å². The summed E-state index contributed by atoms with van der Waals surface area (Å²) in [6.07, 6.45) is 0. The molecule has 0 radical (unpaired) electrons. The van der Waals surface area contributed by atoms with Crippen molar-refractivity contribution in [3.05, 3.63) is 83.4 Å². The van der Waals surface area contributed by atoms with Gasteiger partial charge < -0.3 is 0 Å². The number of halogens is 1. The Kier molecular flexibility index (Phi) is 4.05. The molecule has 0 saturated carbocycles. The van der Waals surface area contributed by atoms with E-state index in [9.17, 15) is 8.42 Å². The normalized spacial score (nSPS) is 11.8. The number of aryl methyl sites for hydroxylation is 1. The quantitative estimate of drug-likeness (QED) is 0.506. The van der Waals surface area contributed by atoms with E-state index >= 15 is 0 Å². The molecule has 0 aliphatic rings. The first-order chi connectivity index (χ1) is 12.5. The maximum absolute atomic E-state index is 13.2. The lowest BCUT2D eigenvalue weighted by Crippen LogP contribution is -2.14. The molecule has 4 aromatic rings. The molecule has 1 aromatic heterocycles. The summed E-state index contributed by atoms with van der Waals surface area (Å²) in [7, 11) is -3.84. The monoisotopic (exact) mass is 382 g/mol. The molecule has 0 aliphatic heterocycles. The van der Waals surface area contributed by atoms with Crippen LogP contribution >= 0.6 is 11.6 Å². The summed E-state index contributed by atoms with van der Waals surface area (Å²) >= 11 is 6.13. The zero-order chi connectivity index (χ0) is 18.3. The largest absolute Gasteiger partial charge is 0.283 e. The number of benzene rings is 3. The molecule has 1 heterocycles. The highest BCUT2D eigenvalue weighted by Gasteiger charge is 2.23. The van der Waals surface area contributed by atoms with Crippen molar-refractivity contribution >= 4 is 32.5 Å². The molecule has 0 saturated heterocycles. The zero-order valence-electron chi connectivity index (χ0n) is 13.9. The lowest BCUT2D eigenvalue weighted by molar-refractivity contribution is 0.582. The van der Waals surface area contributed by atoms with Gasteiger partial charge in [0.2, 0.25) is 0 Å². The van der Waals surface area contributed by atoms with E-state index in [1.54, 1.807) is 42.5 Å². The smallest absolute Gasteiger partial charge is 0.199 e. The predicted octanol–water partition coefficient (Wildman–Crippen LogP) is 4.90. The fourth-order valence-corrected chi connectivity index (χ4v) is 4.31. The SMILES string of the molecule is Cc1ccc(S(=O)(=O)n2nc(-c3ccccc3)c3ccc(Cl)cc32)cc1. The van der Waals surface area contributed by atoms with E-state index in [1.165, 1.54) is 0 Å². The third-order valence-electron chi connectivity index (χ3n) is 4.21. The first kappa shape index (κ1) is 16.8. The van der Waals surface area contributed by atoms with Gasteiger partial charge in [0, 0.05) is 16.0 Å². The first-order valence-corrected chi connectivity index (χ1v) is 9.84. The fraction of sp³-hybridized carbons (Fsp3) is 0.0500. The van der Waals surface area contributed by atoms with Crippen LogP contribution < -0.4 is 0 Å². The van der Waals surface area contributed by atoms with Crippen molar-refractivity contribution < 1.29 is 8.42 Å². The van der Waals surface area contributed by atoms with Crippen LogP contribution in [-0.4, -0.2) is 17.6 Å². The van der Waals surface area contributed by atoms with Gasteiger partial charge in [0.1, 0.15) is 5.69 Å². The summed E-state index contributed by atoms with van der Waals surface area (Å²) in [5, 5.41) is 5.63. The Morgan fingerprint density at radius 1 is 0.923 bits per heavy atom. The Labute approximate surface area is 156 Å². The van der Waals surface area contributed by atoms with Crippen LogP contribution in [-0.2, 0) is 10.0 Å². The fourth-order valence-electron chi connectivity index (χ4n) is 2.86. The van der Waals surface area contributed by atoms with Gasteiger partial charge in [0.05, 0.1) is 10.4 Å². The Hall–Kier alpha value is -2.63. The van der Waals surface area contributed by atoms with Gasteiger partial charge >= 0.3 is 0 Å². The van der Waals surface area contributed by atoms with Crippen LogP contribution in [0.25, 0.3) is 22.2 Å². The molecule has 4 rings (SSSR count). The first-order valence-electron chi connectivity index (χ1n) is 8.03. The van der Waals surface area contributed by atoms with Crippen molar-refractivity contribution in [3.8, 4) is 11.3 Å². The van der Waals surface area contributed by atoms with Crippen molar-refractivity contribution in [2.45, 2.75) is 11.8 Å². The molecule has 130 valence electrons. The van der Waals surface area contributed by atoms with Crippen molar-refractivity contribution in [2.24, 2.45) is 0 Å². The molecule has 0 aliphatic carbocycles. The van der Waals surface area contributed by atoms with E-state index in [4.69, 9.17) is 11.6 Å². The van der Waals surface area contributed by atoms with Crippen LogP contribution in [0.5, 0.6) is 0 Å². The highest BCUT2D eigenvalue weighted by atomic mass is 35.5. The molecule has 0 amide bonds. The van der Waals surface area contributed by atoms with Gasteiger partial charge in [-0.2, -0.15) is 17.6 Å². The van der Waals surface area contributed by atoms with Gasteiger partial charge in [0.25, 0.3) is 10.0 Å². The topological polar surface area (TPSA) is 52.0 Å². The van der Waals surface area contributed by atoms with Gasteiger partial charge in [0.15, 0.2) is 0 Å². The molecule has 0 N–H and O–H groups in total. The minimum atomic E-state index is -3.84. The van der Waals surface area contributed by atoms with Crippen LogP contribution in [0.3, 0.4) is 0 Å². The van der Waals surface area contributed by atoms with E-state index in [0.717, 1.165) is 20.6 Å². The maximum Gasteiger partial charge on any atom is 0.283 e. The molecule has 0 bridgehead atoms. The van der Waals surface area contributed by atoms with E-state index in [-0.39, 0.29) is 4.90 Å². The molecule has 3 aromatic carbocycles. The molecular formula is C20H15ClN2O2S. The van der Waals surface area contributed by atoms with Gasteiger partial charge in [-0.25, -0.2) is 0 Å². The number of nitrogens with zero attached hydrogens (tertiary/aromatic N) is 2. The molecule has 6 heteroatoms. The summed E-state index contributed by atoms with van der Waals surface area (Å²) in [5.41, 5.74) is 2.89. The Balaban J connectivity index is 2.01. The molecule has 26 heavy (non-hydrogen) atoms. The number of fused-ring (bicyclic) bond motifs is 1. The lowest BCUT2D eigenvalue weighted by atomic mass is 10.1. The zero-order valence-corrected chi connectivity index (χ0v) is 15.5. The predicted molar refractivity (Wildman–Crippen MR) is 104 cm³/mol. The van der Waals surface area contributed by atoms with Gasteiger partial charge in [-0.1, -0.05) is 59.6 Å². The average molecular weight is 383 g/mol. The van der Waals surface area contributed by atoms with E-state index in [1.807, 2.05) is 37.3 Å². The second-order valence-corrected chi connectivity index (χ2v) is 8.24. The van der Waals surface area contributed by atoms with E-state index < -0.39 is 10.0 Å². The average Bonchev–Trinajstić information content (AvgIpc) is 3.02. The molecule has 0 unspecified atom stereocenters. The number of aromatic nitrogens is 2. The summed E-state index contributed by atoms with van der Waals surface area (Å²) in [6.45, 7) is 1.91. The minimum absolute atomic E-state index is 0.187. The van der Waals surface area contributed by atoms with Crippen LogP contribution in [0.1, 0.15) is 5.56 Å². The van der Waals surface area contributed by atoms with Gasteiger partial charge in [-0.15, -0.1) is 0 Å². The molecule has 0 spiro atoms. The molecule has 4 nitrogen and oxygen atoms in total. The van der Waals surface area contributed by atoms with Crippen molar-refractivity contribution in [3.63, 3.8) is 0 Å². The third kappa shape index (κ3) is 2.79. The van der Waals surface area contributed by atoms with Crippen LogP contribution in [0.4, 0.5) is 0 Å². The second kappa shape index (κ2) is 6.27. The number of rotatable bonds is 3. The van der Waals surface area contributed by atoms with Gasteiger partial charge in [-0.3, -0.25) is 0 Å². The van der Waals surface area contributed by atoms with E-state index in [2.05, 4.69) is 5.10 Å². The van der Waals surface area contributed by atoms with Crippen molar-refractivity contribution in [1.82, 2.24) is 9.19 Å². The summed E-state index contributed by atoms with van der Waals surface area (Å²) < 4.78 is 27.4. The molecular weight excluding hydrogens is 368 g/mol. The third-order valence-corrected chi connectivity index (χ3v) is 6.04. The van der Waals surface area contributed by atoms with Crippen LogP contribution in [0.15, 0.2) is 77.7 Å². The number of hydrogen-bond donors (Lipinski definition) is 0. The standard InChI is InChI=1S/C20H15ClN2O2S/c1-14-7-10-17(11-8-14)26(24,25)23-19-13-16(21)9-12-18(19)20(22-23)15-5-3-2-4-6-15/h2-13H,1H3. The number of hydrogen-bond acceptors (Lipinski definition) is 3. The summed E-state index contributed by atoms with van der Waals surface area (Å²) in [4.78, 5) is 0.187. The Morgan fingerprint density at radius 3 is 2.31 bits per heavy atom. The minimum Gasteiger partial charge on any atom is -0.199 e. The molecule has 0 fully saturated rings. The van der Waals surface area contributed by atoms with Gasteiger partial charge in [-0.05, 0) is 37.3 Å². The highest BCUT2D eigenvalue weighted by Crippen LogP contribution is 2.31. The maximum atomic E-state index is 13.2.